The summed E-state index contributed by atoms with van der Waals surface area (Å²) in [6.07, 6.45) is 1.61. The Bertz CT molecular complexity index is 905. The molecule has 0 heterocycles. The van der Waals surface area contributed by atoms with E-state index in [-0.39, 0.29) is 12.5 Å². The fourth-order valence-electron chi connectivity index (χ4n) is 2.55. The second-order valence-electron chi connectivity index (χ2n) is 5.86. The summed E-state index contributed by atoms with van der Waals surface area (Å²) in [5.74, 6) is 0.355. The molecule has 0 bridgehead atoms. The van der Waals surface area contributed by atoms with Gasteiger partial charge in [-0.05, 0) is 24.1 Å². The number of nitrogens with zero attached hydrogens (tertiary/aromatic N) is 1. The van der Waals surface area contributed by atoms with Crippen LogP contribution in [0.5, 0.6) is 5.75 Å². The first-order valence-electron chi connectivity index (χ1n) is 8.38. The summed E-state index contributed by atoms with van der Waals surface area (Å²) >= 11 is 0. The van der Waals surface area contributed by atoms with Crippen LogP contribution in [0.25, 0.3) is 11.1 Å². The fraction of sp³-hybridized carbons (Fsp3) is 0.0909. The van der Waals surface area contributed by atoms with E-state index in [4.69, 9.17) is 4.74 Å². The zero-order valence-corrected chi connectivity index (χ0v) is 14.6. The maximum atomic E-state index is 12.0. The number of rotatable bonds is 6. The molecular weight excluding hydrogens is 324 g/mol. The predicted molar refractivity (Wildman–Crippen MR) is 104 cm³/mol. The highest BCUT2D eigenvalue weighted by Gasteiger charge is 2.07. The van der Waals surface area contributed by atoms with Gasteiger partial charge < -0.3 is 4.74 Å². The molecule has 130 valence electrons. The first-order valence-corrected chi connectivity index (χ1v) is 8.38. The van der Waals surface area contributed by atoms with Crippen LogP contribution in [-0.2, 0) is 4.79 Å². The highest BCUT2D eigenvalue weighted by Crippen LogP contribution is 2.29. The van der Waals surface area contributed by atoms with E-state index >= 15 is 0 Å². The molecule has 4 heteroatoms. The Hall–Kier alpha value is -3.40. The second kappa shape index (κ2) is 8.62. The van der Waals surface area contributed by atoms with Crippen LogP contribution < -0.4 is 10.2 Å². The van der Waals surface area contributed by atoms with Crippen molar-refractivity contribution in [3.63, 3.8) is 0 Å². The summed E-state index contributed by atoms with van der Waals surface area (Å²) in [4.78, 5) is 12.0. The lowest BCUT2D eigenvalue weighted by molar-refractivity contribution is -0.123. The van der Waals surface area contributed by atoms with Crippen molar-refractivity contribution >= 4 is 12.1 Å². The van der Waals surface area contributed by atoms with Crippen molar-refractivity contribution in [3.8, 4) is 16.9 Å². The smallest absolute Gasteiger partial charge is 0.277 e. The molecule has 0 spiro atoms. The van der Waals surface area contributed by atoms with E-state index in [1.165, 1.54) is 0 Å². The number of carbonyl (C=O) groups is 1. The van der Waals surface area contributed by atoms with Crippen LogP contribution in [0, 0.1) is 6.92 Å². The van der Waals surface area contributed by atoms with Crippen LogP contribution in [0.15, 0.2) is 84.0 Å². The molecule has 4 nitrogen and oxygen atoms in total. The number of carbonyl (C=O) groups excluding carboxylic acids is 1. The number of hydrogen-bond acceptors (Lipinski definition) is 3. The lowest BCUT2D eigenvalue weighted by Crippen LogP contribution is -2.24. The zero-order valence-electron chi connectivity index (χ0n) is 14.6. The Morgan fingerprint density at radius 2 is 1.77 bits per heavy atom. The summed E-state index contributed by atoms with van der Waals surface area (Å²) in [7, 11) is 0. The molecular formula is C22H20N2O2. The van der Waals surface area contributed by atoms with Crippen LogP contribution >= 0.6 is 0 Å². The quantitative estimate of drug-likeness (QED) is 0.538. The minimum absolute atomic E-state index is 0.102. The van der Waals surface area contributed by atoms with Gasteiger partial charge in [-0.3, -0.25) is 4.79 Å². The number of nitrogens with one attached hydrogen (secondary N) is 1. The Morgan fingerprint density at radius 1 is 1.00 bits per heavy atom. The molecule has 0 saturated carbocycles. The van der Waals surface area contributed by atoms with E-state index in [1.54, 1.807) is 6.21 Å². The average molecular weight is 344 g/mol. The van der Waals surface area contributed by atoms with Gasteiger partial charge in [0.05, 0.1) is 6.21 Å². The van der Waals surface area contributed by atoms with E-state index in [1.807, 2.05) is 85.8 Å². The molecule has 3 aromatic rings. The van der Waals surface area contributed by atoms with E-state index in [9.17, 15) is 4.79 Å². The molecule has 0 aliphatic rings. The predicted octanol–water partition coefficient (Wildman–Crippen LogP) is 4.19. The van der Waals surface area contributed by atoms with Gasteiger partial charge in [0.15, 0.2) is 6.61 Å². The van der Waals surface area contributed by atoms with Gasteiger partial charge in [-0.2, -0.15) is 5.10 Å². The lowest BCUT2D eigenvalue weighted by atomic mass is 10.1. The maximum absolute atomic E-state index is 12.0. The summed E-state index contributed by atoms with van der Waals surface area (Å²) in [6, 6.07) is 25.4. The fourth-order valence-corrected chi connectivity index (χ4v) is 2.55. The molecule has 26 heavy (non-hydrogen) atoms. The minimum atomic E-state index is -0.309. The van der Waals surface area contributed by atoms with Gasteiger partial charge in [-0.1, -0.05) is 78.4 Å². The van der Waals surface area contributed by atoms with Gasteiger partial charge in [0, 0.05) is 5.56 Å². The van der Waals surface area contributed by atoms with Crippen LogP contribution in [0.2, 0.25) is 0 Å². The largest absolute Gasteiger partial charge is 0.483 e. The molecule has 1 N–H and O–H groups in total. The number of hydrogen-bond donors (Lipinski definition) is 1. The van der Waals surface area contributed by atoms with Crippen molar-refractivity contribution in [3.05, 3.63) is 90.0 Å². The average Bonchev–Trinajstić information content (AvgIpc) is 2.67. The highest BCUT2D eigenvalue weighted by atomic mass is 16.5. The van der Waals surface area contributed by atoms with Crippen molar-refractivity contribution in [2.75, 3.05) is 6.61 Å². The van der Waals surface area contributed by atoms with E-state index < -0.39 is 0 Å². The Labute approximate surface area is 153 Å². The summed E-state index contributed by atoms with van der Waals surface area (Å²) in [6.45, 7) is 1.91. The first kappa shape index (κ1) is 17.4. The summed E-state index contributed by atoms with van der Waals surface area (Å²) < 4.78 is 5.69. The second-order valence-corrected chi connectivity index (χ2v) is 5.86. The number of amides is 1. The minimum Gasteiger partial charge on any atom is -0.483 e. The van der Waals surface area contributed by atoms with Crippen molar-refractivity contribution in [2.45, 2.75) is 6.92 Å². The number of aryl methyl sites for hydroxylation is 1. The Balaban J connectivity index is 1.58. The van der Waals surface area contributed by atoms with E-state index in [2.05, 4.69) is 10.5 Å². The number of para-hydroxylation sites is 1. The number of hydrazone groups is 1. The SMILES string of the molecule is Cc1cccc(/C=N/NC(=O)COc2ccccc2-c2ccccc2)c1. The molecule has 0 aromatic heterocycles. The van der Waals surface area contributed by atoms with Gasteiger partial charge in [-0.15, -0.1) is 0 Å². The molecule has 0 fully saturated rings. The third-order valence-electron chi connectivity index (χ3n) is 3.78. The topological polar surface area (TPSA) is 50.7 Å². The molecule has 0 radical (unpaired) electrons. The van der Waals surface area contributed by atoms with Gasteiger partial charge in [-0.25, -0.2) is 5.43 Å². The Kier molecular flexibility index (Phi) is 5.78. The zero-order chi connectivity index (χ0) is 18.2. The molecule has 0 aliphatic carbocycles. The molecule has 1 amide bonds. The maximum Gasteiger partial charge on any atom is 0.277 e. The highest BCUT2D eigenvalue weighted by molar-refractivity contribution is 5.83. The summed E-state index contributed by atoms with van der Waals surface area (Å²) in [5.41, 5.74) is 6.55. The van der Waals surface area contributed by atoms with Crippen molar-refractivity contribution in [2.24, 2.45) is 5.10 Å². The van der Waals surface area contributed by atoms with Gasteiger partial charge in [0.2, 0.25) is 0 Å². The molecule has 3 aromatic carbocycles. The van der Waals surface area contributed by atoms with Gasteiger partial charge in [0.1, 0.15) is 5.75 Å². The van der Waals surface area contributed by atoms with Crippen molar-refractivity contribution < 1.29 is 9.53 Å². The lowest BCUT2D eigenvalue weighted by Gasteiger charge is -2.10. The third kappa shape index (κ3) is 4.80. The van der Waals surface area contributed by atoms with E-state index in [0.717, 1.165) is 22.3 Å². The molecule has 3 rings (SSSR count). The van der Waals surface area contributed by atoms with Gasteiger partial charge >= 0.3 is 0 Å². The van der Waals surface area contributed by atoms with Crippen LogP contribution in [-0.4, -0.2) is 18.7 Å². The first-order chi connectivity index (χ1) is 12.7. The molecule has 0 unspecified atom stereocenters. The number of ether oxygens (including phenoxy) is 1. The van der Waals surface area contributed by atoms with Crippen LogP contribution in [0.4, 0.5) is 0 Å². The molecule has 0 aliphatic heterocycles. The summed E-state index contributed by atoms with van der Waals surface area (Å²) in [5, 5.41) is 3.97. The molecule has 0 saturated heterocycles. The standard InChI is InChI=1S/C22H20N2O2/c1-17-8-7-9-18(14-17)15-23-24-22(25)16-26-21-13-6-5-12-20(21)19-10-3-2-4-11-19/h2-15H,16H2,1H3,(H,24,25)/b23-15+. The number of benzene rings is 3. The van der Waals surface area contributed by atoms with E-state index in [0.29, 0.717) is 5.75 Å². The van der Waals surface area contributed by atoms with Crippen molar-refractivity contribution in [1.82, 2.24) is 5.43 Å². The third-order valence-corrected chi connectivity index (χ3v) is 3.78. The Morgan fingerprint density at radius 3 is 2.58 bits per heavy atom. The van der Waals surface area contributed by atoms with Crippen LogP contribution in [0.3, 0.4) is 0 Å². The molecule has 0 atom stereocenters. The van der Waals surface area contributed by atoms with Crippen molar-refractivity contribution in [1.29, 1.82) is 0 Å². The van der Waals surface area contributed by atoms with Crippen LogP contribution in [0.1, 0.15) is 11.1 Å². The van der Waals surface area contributed by atoms with Gasteiger partial charge in [0.25, 0.3) is 5.91 Å². The monoisotopic (exact) mass is 344 g/mol. The normalized spacial score (nSPS) is 10.7.